The second kappa shape index (κ2) is 5.87. The third-order valence-electron chi connectivity index (χ3n) is 3.71. The van der Waals surface area contributed by atoms with E-state index in [0.29, 0.717) is 0 Å². The Morgan fingerprint density at radius 3 is 2.48 bits per heavy atom. The summed E-state index contributed by atoms with van der Waals surface area (Å²) in [6.45, 7) is 3.53. The van der Waals surface area contributed by atoms with Gasteiger partial charge in [-0.15, -0.1) is 0 Å². The third-order valence-corrected chi connectivity index (χ3v) is 3.71. The normalized spacial score (nSPS) is 15.1. The number of hydrogen-bond acceptors (Lipinski definition) is 5. The van der Waals surface area contributed by atoms with Gasteiger partial charge in [-0.05, 0) is 12.1 Å². The summed E-state index contributed by atoms with van der Waals surface area (Å²) in [5.41, 5.74) is 1.88. The van der Waals surface area contributed by atoms with E-state index in [0.717, 1.165) is 43.3 Å². The van der Waals surface area contributed by atoms with Crippen molar-refractivity contribution in [1.29, 1.82) is 0 Å². The number of rotatable bonds is 3. The van der Waals surface area contributed by atoms with Gasteiger partial charge in [-0.3, -0.25) is 4.79 Å². The number of benzene rings is 1. The van der Waals surface area contributed by atoms with Crippen molar-refractivity contribution in [3.63, 3.8) is 0 Å². The lowest BCUT2D eigenvalue weighted by Gasteiger charge is -2.37. The highest BCUT2D eigenvalue weighted by Crippen LogP contribution is 2.23. The molecule has 1 saturated heterocycles. The molecule has 110 valence electrons. The van der Waals surface area contributed by atoms with Gasteiger partial charge in [-0.1, -0.05) is 6.07 Å². The maximum Gasteiger partial charge on any atom is 0.266 e. The second-order valence-electron chi connectivity index (χ2n) is 4.98. The van der Waals surface area contributed by atoms with Crippen LogP contribution in [0.25, 0.3) is 0 Å². The number of nitrogens with zero attached hydrogens (tertiary/aromatic N) is 3. The molecular weight excluding hydrogens is 268 g/mol. The van der Waals surface area contributed by atoms with Gasteiger partial charge >= 0.3 is 0 Å². The van der Waals surface area contributed by atoms with Crippen LogP contribution in [0.2, 0.25) is 0 Å². The first-order valence-corrected chi connectivity index (χ1v) is 6.95. The molecule has 1 aromatic heterocycles. The Morgan fingerprint density at radius 1 is 1.10 bits per heavy atom. The van der Waals surface area contributed by atoms with Crippen molar-refractivity contribution < 1.29 is 4.74 Å². The summed E-state index contributed by atoms with van der Waals surface area (Å²) in [7, 11) is 1.68. The van der Waals surface area contributed by atoms with Crippen LogP contribution in [-0.2, 0) is 0 Å². The molecule has 1 fully saturated rings. The van der Waals surface area contributed by atoms with E-state index >= 15 is 0 Å². The minimum absolute atomic E-state index is 0.164. The van der Waals surface area contributed by atoms with Crippen LogP contribution in [0.3, 0.4) is 0 Å². The number of hydrogen-bond donors (Lipinski definition) is 1. The molecule has 1 aliphatic rings. The molecule has 0 unspecified atom stereocenters. The van der Waals surface area contributed by atoms with Crippen LogP contribution in [0.4, 0.5) is 11.4 Å². The quantitative estimate of drug-likeness (QED) is 0.915. The number of aromatic amines is 1. The van der Waals surface area contributed by atoms with E-state index in [1.54, 1.807) is 19.4 Å². The van der Waals surface area contributed by atoms with Crippen LogP contribution in [0.5, 0.6) is 5.75 Å². The maximum absolute atomic E-state index is 11.3. The Morgan fingerprint density at radius 2 is 1.81 bits per heavy atom. The highest BCUT2D eigenvalue weighted by Gasteiger charge is 2.18. The summed E-state index contributed by atoms with van der Waals surface area (Å²) in [4.78, 5) is 15.8. The Bertz CT molecular complexity index is 662. The van der Waals surface area contributed by atoms with Crippen molar-refractivity contribution in [1.82, 2.24) is 10.2 Å². The molecule has 0 atom stereocenters. The first-order valence-electron chi connectivity index (χ1n) is 6.95. The number of nitrogens with one attached hydrogen (secondary N) is 1. The number of H-pyrrole nitrogens is 1. The van der Waals surface area contributed by atoms with E-state index in [1.165, 1.54) is 0 Å². The van der Waals surface area contributed by atoms with Crippen LogP contribution >= 0.6 is 0 Å². The summed E-state index contributed by atoms with van der Waals surface area (Å²) in [6, 6.07) is 9.68. The summed E-state index contributed by atoms with van der Waals surface area (Å²) >= 11 is 0. The van der Waals surface area contributed by atoms with Crippen molar-refractivity contribution in [2.24, 2.45) is 0 Å². The van der Waals surface area contributed by atoms with Crippen LogP contribution in [0.15, 0.2) is 41.3 Å². The highest BCUT2D eigenvalue weighted by molar-refractivity contribution is 5.53. The van der Waals surface area contributed by atoms with E-state index in [-0.39, 0.29) is 5.56 Å². The molecule has 0 amide bonds. The Balaban J connectivity index is 1.68. The van der Waals surface area contributed by atoms with Gasteiger partial charge in [0.1, 0.15) is 5.75 Å². The predicted molar refractivity (Wildman–Crippen MR) is 82.3 cm³/mol. The molecule has 1 aromatic carbocycles. The molecule has 1 N–H and O–H groups in total. The van der Waals surface area contributed by atoms with Crippen molar-refractivity contribution in [2.75, 3.05) is 43.1 Å². The minimum atomic E-state index is -0.164. The first kappa shape index (κ1) is 13.5. The molecule has 6 nitrogen and oxygen atoms in total. The number of aromatic nitrogens is 2. The zero-order valence-corrected chi connectivity index (χ0v) is 12.0. The lowest BCUT2D eigenvalue weighted by Crippen LogP contribution is -2.46. The molecule has 2 aromatic rings. The van der Waals surface area contributed by atoms with Gasteiger partial charge in [-0.2, -0.15) is 5.10 Å². The van der Waals surface area contributed by atoms with Crippen molar-refractivity contribution in [3.8, 4) is 5.75 Å². The molecule has 0 radical (unpaired) electrons. The fourth-order valence-corrected chi connectivity index (χ4v) is 2.57. The van der Waals surface area contributed by atoms with Crippen LogP contribution in [0.1, 0.15) is 0 Å². The zero-order chi connectivity index (χ0) is 14.7. The third kappa shape index (κ3) is 2.99. The Kier molecular flexibility index (Phi) is 3.77. The average Bonchev–Trinajstić information content (AvgIpc) is 2.55. The predicted octanol–water partition coefficient (Wildman–Crippen LogP) is 1.11. The second-order valence-corrected chi connectivity index (χ2v) is 4.98. The van der Waals surface area contributed by atoms with Gasteiger partial charge in [0, 0.05) is 44.0 Å². The van der Waals surface area contributed by atoms with Gasteiger partial charge in [0.2, 0.25) is 0 Å². The van der Waals surface area contributed by atoms with Gasteiger partial charge in [0.05, 0.1) is 19.0 Å². The van der Waals surface area contributed by atoms with E-state index in [4.69, 9.17) is 4.74 Å². The SMILES string of the molecule is COc1cccc(N2CCN(c3cn[nH]c(=O)c3)CC2)c1. The Labute approximate surface area is 123 Å². The lowest BCUT2D eigenvalue weighted by atomic mass is 10.2. The molecular formula is C15H18N4O2. The molecule has 6 heteroatoms. The molecule has 21 heavy (non-hydrogen) atoms. The fourth-order valence-electron chi connectivity index (χ4n) is 2.57. The zero-order valence-electron chi connectivity index (χ0n) is 12.0. The largest absolute Gasteiger partial charge is 0.497 e. The Hall–Kier alpha value is -2.50. The number of piperazine rings is 1. The highest BCUT2D eigenvalue weighted by atomic mass is 16.5. The molecule has 0 bridgehead atoms. The molecule has 0 saturated carbocycles. The average molecular weight is 286 g/mol. The van der Waals surface area contributed by atoms with Crippen LogP contribution < -0.4 is 20.1 Å². The standard InChI is InChI=1S/C15H18N4O2/c1-21-14-4-2-3-12(9-14)18-5-7-19(8-6-18)13-10-15(20)17-16-11-13/h2-4,9-11H,5-8H2,1H3,(H,17,20). The molecule has 0 aliphatic carbocycles. The van der Waals surface area contributed by atoms with Crippen molar-refractivity contribution in [3.05, 3.63) is 46.9 Å². The topological polar surface area (TPSA) is 61.5 Å². The number of anilines is 2. The monoisotopic (exact) mass is 286 g/mol. The van der Waals surface area contributed by atoms with E-state index in [1.807, 2.05) is 18.2 Å². The van der Waals surface area contributed by atoms with Crippen LogP contribution in [0, 0.1) is 0 Å². The van der Waals surface area contributed by atoms with E-state index < -0.39 is 0 Å². The number of ether oxygens (including phenoxy) is 1. The van der Waals surface area contributed by atoms with Gasteiger partial charge in [0.15, 0.2) is 0 Å². The van der Waals surface area contributed by atoms with Crippen LogP contribution in [-0.4, -0.2) is 43.5 Å². The maximum atomic E-state index is 11.3. The van der Waals surface area contributed by atoms with E-state index in [9.17, 15) is 4.79 Å². The van der Waals surface area contributed by atoms with Crippen molar-refractivity contribution >= 4 is 11.4 Å². The van der Waals surface area contributed by atoms with E-state index in [2.05, 4.69) is 26.1 Å². The molecule has 0 spiro atoms. The van der Waals surface area contributed by atoms with Gasteiger partial charge < -0.3 is 14.5 Å². The van der Waals surface area contributed by atoms with Crippen molar-refractivity contribution in [2.45, 2.75) is 0 Å². The van der Waals surface area contributed by atoms with Gasteiger partial charge in [-0.25, -0.2) is 5.10 Å². The molecule has 2 heterocycles. The summed E-state index contributed by atoms with van der Waals surface area (Å²) in [6.07, 6.45) is 1.70. The molecule has 1 aliphatic heterocycles. The lowest BCUT2D eigenvalue weighted by molar-refractivity contribution is 0.414. The number of methoxy groups -OCH3 is 1. The fraction of sp³-hybridized carbons (Fsp3) is 0.333. The summed E-state index contributed by atoms with van der Waals surface area (Å²) < 4.78 is 5.27. The summed E-state index contributed by atoms with van der Waals surface area (Å²) in [5.74, 6) is 0.869. The molecule has 3 rings (SSSR count). The first-order chi connectivity index (χ1) is 10.3. The minimum Gasteiger partial charge on any atom is -0.497 e. The smallest absolute Gasteiger partial charge is 0.266 e. The van der Waals surface area contributed by atoms with Gasteiger partial charge in [0.25, 0.3) is 5.56 Å². The summed E-state index contributed by atoms with van der Waals surface area (Å²) in [5, 5.41) is 6.25.